The van der Waals surface area contributed by atoms with E-state index in [1.165, 1.54) is 0 Å². The molecule has 2 rings (SSSR count). The molecule has 0 spiro atoms. The van der Waals surface area contributed by atoms with Crippen LogP contribution in [0.3, 0.4) is 0 Å². The molecule has 2 aromatic heterocycles. The maximum absolute atomic E-state index is 4.58. The zero-order chi connectivity index (χ0) is 15.5. The molecule has 0 aliphatic heterocycles. The molecule has 0 aliphatic rings. The summed E-state index contributed by atoms with van der Waals surface area (Å²) in [5.74, 6) is 1.50. The van der Waals surface area contributed by atoms with Crippen LogP contribution in [-0.2, 0) is 19.6 Å². The highest BCUT2D eigenvalue weighted by Crippen LogP contribution is 2.05. The predicted molar refractivity (Wildman–Crippen MR) is 82.8 cm³/mol. The molecule has 6 nitrogen and oxygen atoms in total. The first-order valence-electron chi connectivity index (χ1n) is 7.47. The minimum Gasteiger partial charge on any atom is -0.306 e. The molecule has 0 bridgehead atoms. The predicted octanol–water partition coefficient (Wildman–Crippen LogP) is 2.07. The van der Waals surface area contributed by atoms with Gasteiger partial charge < -0.3 is 5.32 Å². The van der Waals surface area contributed by atoms with Crippen molar-refractivity contribution in [2.75, 3.05) is 0 Å². The van der Waals surface area contributed by atoms with Crippen LogP contribution in [0.15, 0.2) is 18.6 Å². The third kappa shape index (κ3) is 4.97. The van der Waals surface area contributed by atoms with Crippen LogP contribution >= 0.6 is 0 Å². The van der Waals surface area contributed by atoms with E-state index in [0.717, 1.165) is 24.6 Å². The van der Waals surface area contributed by atoms with Gasteiger partial charge in [0, 0.05) is 24.8 Å². The molecule has 0 fully saturated rings. The second kappa shape index (κ2) is 6.39. The van der Waals surface area contributed by atoms with Crippen LogP contribution in [-0.4, -0.2) is 30.1 Å². The molecular weight excluding hydrogens is 264 g/mol. The first kappa shape index (κ1) is 15.7. The van der Waals surface area contributed by atoms with Crippen LogP contribution < -0.4 is 5.32 Å². The fraction of sp³-hybridized carbons (Fsp3) is 0.667. The van der Waals surface area contributed by atoms with E-state index in [-0.39, 0.29) is 5.54 Å². The summed E-state index contributed by atoms with van der Waals surface area (Å²) in [5, 5.41) is 12.3. The summed E-state index contributed by atoms with van der Waals surface area (Å²) in [5.41, 5.74) is 1.14. The van der Waals surface area contributed by atoms with Crippen LogP contribution in [0.1, 0.15) is 46.1 Å². The minimum absolute atomic E-state index is 0.0984. The van der Waals surface area contributed by atoms with E-state index in [1.54, 1.807) is 6.33 Å². The third-order valence-corrected chi connectivity index (χ3v) is 3.03. The molecule has 0 amide bonds. The van der Waals surface area contributed by atoms with Crippen LogP contribution in [0, 0.1) is 5.92 Å². The molecule has 1 N–H and O–H groups in total. The Bertz CT molecular complexity index is 561. The zero-order valence-electron chi connectivity index (χ0n) is 13.7. The van der Waals surface area contributed by atoms with Crippen molar-refractivity contribution in [3.8, 4) is 0 Å². The maximum Gasteiger partial charge on any atom is 0.148 e. The molecule has 2 aromatic rings. The molecule has 0 saturated heterocycles. The van der Waals surface area contributed by atoms with Crippen molar-refractivity contribution in [1.29, 1.82) is 0 Å². The van der Waals surface area contributed by atoms with Crippen molar-refractivity contribution >= 4 is 0 Å². The molecule has 0 radical (unpaired) electrons. The fourth-order valence-electron chi connectivity index (χ4n) is 2.00. The lowest BCUT2D eigenvalue weighted by Gasteiger charge is -2.19. The van der Waals surface area contributed by atoms with Gasteiger partial charge in [-0.15, -0.1) is 0 Å². The zero-order valence-corrected chi connectivity index (χ0v) is 13.7. The van der Waals surface area contributed by atoms with Gasteiger partial charge in [-0.1, -0.05) is 13.8 Å². The van der Waals surface area contributed by atoms with Crippen LogP contribution in [0.25, 0.3) is 0 Å². The number of nitrogens with one attached hydrogen (secondary N) is 1. The van der Waals surface area contributed by atoms with Crippen molar-refractivity contribution in [2.24, 2.45) is 5.92 Å². The van der Waals surface area contributed by atoms with E-state index >= 15 is 0 Å². The molecule has 0 atom stereocenters. The van der Waals surface area contributed by atoms with Gasteiger partial charge >= 0.3 is 0 Å². The standard InChI is InChI=1S/C15H26N6/c1-12(2)9-21-14(16-11-18-21)10-20-7-6-13(19-20)8-17-15(3,4)5/h6-7,11-12,17H,8-10H2,1-5H3. The number of rotatable bonds is 6. The molecular formula is C15H26N6. The Labute approximate surface area is 126 Å². The van der Waals surface area contributed by atoms with Gasteiger partial charge in [-0.25, -0.2) is 9.67 Å². The normalized spacial score (nSPS) is 12.3. The monoisotopic (exact) mass is 290 g/mol. The Morgan fingerprint density at radius 3 is 2.71 bits per heavy atom. The lowest BCUT2D eigenvalue weighted by molar-refractivity contribution is 0.418. The largest absolute Gasteiger partial charge is 0.306 e. The second-order valence-electron chi connectivity index (χ2n) is 6.86. The number of nitrogens with zero attached hydrogens (tertiary/aromatic N) is 5. The minimum atomic E-state index is 0.0984. The lowest BCUT2D eigenvalue weighted by Crippen LogP contribution is -2.35. The van der Waals surface area contributed by atoms with Gasteiger partial charge in [-0.2, -0.15) is 10.2 Å². The molecule has 21 heavy (non-hydrogen) atoms. The third-order valence-electron chi connectivity index (χ3n) is 3.03. The summed E-state index contributed by atoms with van der Waals surface area (Å²) >= 11 is 0. The highest BCUT2D eigenvalue weighted by Gasteiger charge is 2.11. The number of aromatic nitrogens is 5. The summed E-state index contributed by atoms with van der Waals surface area (Å²) in [6.07, 6.45) is 3.61. The Hall–Kier alpha value is -1.69. The highest BCUT2D eigenvalue weighted by molar-refractivity contribution is 5.00. The van der Waals surface area contributed by atoms with Crippen LogP contribution in [0.5, 0.6) is 0 Å². The highest BCUT2D eigenvalue weighted by atomic mass is 15.4. The first-order valence-corrected chi connectivity index (χ1v) is 7.47. The Morgan fingerprint density at radius 1 is 1.29 bits per heavy atom. The van der Waals surface area contributed by atoms with Crippen molar-refractivity contribution < 1.29 is 0 Å². The van der Waals surface area contributed by atoms with E-state index in [4.69, 9.17) is 0 Å². The van der Waals surface area contributed by atoms with Crippen LogP contribution in [0.2, 0.25) is 0 Å². The van der Waals surface area contributed by atoms with E-state index in [1.807, 2.05) is 21.6 Å². The summed E-state index contributed by atoms with van der Waals surface area (Å²) in [6.45, 7) is 13.1. The van der Waals surface area contributed by atoms with Gasteiger partial charge in [0.15, 0.2) is 0 Å². The number of hydrogen-bond acceptors (Lipinski definition) is 4. The van der Waals surface area contributed by atoms with Gasteiger partial charge in [-0.05, 0) is 32.8 Å². The van der Waals surface area contributed by atoms with Crippen molar-refractivity contribution in [3.63, 3.8) is 0 Å². The molecule has 6 heteroatoms. The molecule has 2 heterocycles. The summed E-state index contributed by atoms with van der Waals surface area (Å²) in [6, 6.07) is 2.04. The van der Waals surface area contributed by atoms with E-state index in [2.05, 4.69) is 55.1 Å². The molecule has 0 unspecified atom stereocenters. The van der Waals surface area contributed by atoms with Crippen LogP contribution in [0.4, 0.5) is 0 Å². The Morgan fingerprint density at radius 2 is 2.05 bits per heavy atom. The Balaban J connectivity index is 1.98. The quantitative estimate of drug-likeness (QED) is 0.884. The summed E-state index contributed by atoms with van der Waals surface area (Å²) in [7, 11) is 0. The van der Waals surface area contributed by atoms with Gasteiger partial charge in [0.2, 0.25) is 0 Å². The maximum atomic E-state index is 4.58. The molecule has 0 saturated carbocycles. The number of hydrogen-bond donors (Lipinski definition) is 1. The van der Waals surface area contributed by atoms with Crippen molar-refractivity contribution in [3.05, 3.63) is 30.1 Å². The van der Waals surface area contributed by atoms with E-state index in [9.17, 15) is 0 Å². The van der Waals surface area contributed by atoms with E-state index < -0.39 is 0 Å². The van der Waals surface area contributed by atoms with Crippen molar-refractivity contribution in [2.45, 2.75) is 59.8 Å². The average Bonchev–Trinajstić information content (AvgIpc) is 2.96. The molecule has 0 aliphatic carbocycles. The van der Waals surface area contributed by atoms with Gasteiger partial charge in [0.1, 0.15) is 18.7 Å². The Kier molecular flexibility index (Phi) is 4.77. The first-order chi connectivity index (χ1) is 9.83. The smallest absolute Gasteiger partial charge is 0.148 e. The van der Waals surface area contributed by atoms with Gasteiger partial charge in [0.25, 0.3) is 0 Å². The SMILES string of the molecule is CC(C)Cn1ncnc1Cn1ccc(CNC(C)(C)C)n1. The molecule has 0 aromatic carbocycles. The second-order valence-corrected chi connectivity index (χ2v) is 6.86. The summed E-state index contributed by atoms with van der Waals surface area (Å²) in [4.78, 5) is 4.33. The van der Waals surface area contributed by atoms with Gasteiger partial charge in [-0.3, -0.25) is 4.68 Å². The fourth-order valence-corrected chi connectivity index (χ4v) is 2.00. The summed E-state index contributed by atoms with van der Waals surface area (Å²) < 4.78 is 3.87. The van der Waals surface area contributed by atoms with E-state index in [0.29, 0.717) is 12.5 Å². The average molecular weight is 290 g/mol. The lowest BCUT2D eigenvalue weighted by atomic mass is 10.1. The molecule has 116 valence electrons. The topological polar surface area (TPSA) is 60.6 Å². The van der Waals surface area contributed by atoms with Gasteiger partial charge in [0.05, 0.1) is 5.69 Å². The van der Waals surface area contributed by atoms with Crippen molar-refractivity contribution in [1.82, 2.24) is 29.9 Å².